The zero-order valence-electron chi connectivity index (χ0n) is 13.2. The second-order valence-corrected chi connectivity index (χ2v) is 5.58. The number of benzene rings is 1. The molecular formula is C16H22ClN3O2. The van der Waals surface area contributed by atoms with Gasteiger partial charge in [-0.2, -0.15) is 5.10 Å². The lowest BCUT2D eigenvalue weighted by Gasteiger charge is -2.07. The van der Waals surface area contributed by atoms with Crippen LogP contribution in [0.2, 0.25) is 5.02 Å². The van der Waals surface area contributed by atoms with Crippen molar-refractivity contribution in [2.75, 3.05) is 5.32 Å². The molecule has 0 saturated heterocycles. The molecule has 1 rings (SSSR count). The van der Waals surface area contributed by atoms with Gasteiger partial charge in [0.2, 0.25) is 11.8 Å². The van der Waals surface area contributed by atoms with Gasteiger partial charge in [-0.25, -0.2) is 5.43 Å². The monoisotopic (exact) mass is 323 g/mol. The Morgan fingerprint density at radius 2 is 2.00 bits per heavy atom. The number of hydrazone groups is 1. The van der Waals surface area contributed by atoms with E-state index in [2.05, 4.69) is 15.8 Å². The van der Waals surface area contributed by atoms with Crippen LogP contribution < -0.4 is 10.7 Å². The highest BCUT2D eigenvalue weighted by Gasteiger charge is 2.06. The molecule has 0 unspecified atom stereocenters. The van der Waals surface area contributed by atoms with E-state index in [1.165, 1.54) is 0 Å². The molecule has 1 aromatic carbocycles. The lowest BCUT2D eigenvalue weighted by Crippen LogP contribution is -2.21. The molecule has 0 saturated carbocycles. The van der Waals surface area contributed by atoms with E-state index in [1.54, 1.807) is 19.1 Å². The summed E-state index contributed by atoms with van der Waals surface area (Å²) in [6.07, 6.45) is 2.34. The molecule has 0 aliphatic carbocycles. The van der Waals surface area contributed by atoms with E-state index in [9.17, 15) is 9.59 Å². The van der Waals surface area contributed by atoms with Gasteiger partial charge in [-0.1, -0.05) is 31.0 Å². The molecule has 2 amide bonds. The topological polar surface area (TPSA) is 70.6 Å². The number of nitrogens with zero attached hydrogens (tertiary/aromatic N) is 1. The summed E-state index contributed by atoms with van der Waals surface area (Å²) >= 11 is 6.01. The Kier molecular flexibility index (Phi) is 7.60. The summed E-state index contributed by atoms with van der Waals surface area (Å²) in [4.78, 5) is 23.3. The minimum absolute atomic E-state index is 0.111. The number of nitrogens with one attached hydrogen (secondary N) is 2. The van der Waals surface area contributed by atoms with E-state index in [4.69, 9.17) is 11.6 Å². The third kappa shape index (κ3) is 6.72. The van der Waals surface area contributed by atoms with Gasteiger partial charge in [0.05, 0.1) is 6.42 Å². The van der Waals surface area contributed by atoms with Crippen molar-refractivity contribution >= 4 is 34.8 Å². The van der Waals surface area contributed by atoms with Crippen molar-refractivity contribution in [2.24, 2.45) is 5.10 Å². The van der Waals surface area contributed by atoms with Crippen LogP contribution in [0.3, 0.4) is 0 Å². The Bertz CT molecular complexity index is 571. The maximum atomic E-state index is 11.9. The van der Waals surface area contributed by atoms with Crippen molar-refractivity contribution < 1.29 is 9.59 Å². The summed E-state index contributed by atoms with van der Waals surface area (Å²) in [5.74, 6) is -0.337. The van der Waals surface area contributed by atoms with Crippen LogP contribution in [-0.4, -0.2) is 17.5 Å². The zero-order chi connectivity index (χ0) is 16.5. The van der Waals surface area contributed by atoms with E-state index in [1.807, 2.05) is 19.9 Å². The Morgan fingerprint density at radius 3 is 2.64 bits per heavy atom. The minimum Gasteiger partial charge on any atom is -0.326 e. The third-order valence-electron chi connectivity index (χ3n) is 3.00. The lowest BCUT2D eigenvalue weighted by atomic mass is 10.2. The number of halogens is 1. The van der Waals surface area contributed by atoms with Gasteiger partial charge < -0.3 is 5.32 Å². The van der Waals surface area contributed by atoms with Gasteiger partial charge in [-0.15, -0.1) is 0 Å². The van der Waals surface area contributed by atoms with Crippen LogP contribution in [0.25, 0.3) is 0 Å². The van der Waals surface area contributed by atoms with Crippen molar-refractivity contribution in [1.82, 2.24) is 5.43 Å². The fraction of sp³-hybridized carbons (Fsp3) is 0.438. The number of hydrogen-bond acceptors (Lipinski definition) is 3. The van der Waals surface area contributed by atoms with Gasteiger partial charge in [0, 0.05) is 22.8 Å². The number of aryl methyl sites for hydroxylation is 1. The predicted octanol–water partition coefficient (Wildman–Crippen LogP) is 3.66. The Labute approximate surface area is 136 Å². The largest absolute Gasteiger partial charge is 0.326 e. The fourth-order valence-corrected chi connectivity index (χ4v) is 1.88. The molecule has 0 spiro atoms. The summed E-state index contributed by atoms with van der Waals surface area (Å²) in [7, 11) is 0. The minimum atomic E-state index is -0.205. The first-order chi connectivity index (χ1) is 10.4. The molecular weight excluding hydrogens is 302 g/mol. The second kappa shape index (κ2) is 9.20. The standard InChI is InChI=1S/C16H22ClN3O2/c1-4-5-6-15(21)20-19-12(3)9-16(22)18-13-8-7-11(2)14(17)10-13/h7-8,10H,4-6,9H2,1-3H3,(H,18,22)(H,20,21). The molecule has 0 aromatic heterocycles. The maximum Gasteiger partial charge on any atom is 0.240 e. The SMILES string of the molecule is CCCCC(=O)NN=C(C)CC(=O)Nc1ccc(C)c(Cl)c1. The van der Waals surface area contributed by atoms with Gasteiger partial charge in [0.1, 0.15) is 0 Å². The number of carbonyl (C=O) groups is 2. The highest BCUT2D eigenvalue weighted by molar-refractivity contribution is 6.31. The van der Waals surface area contributed by atoms with E-state index >= 15 is 0 Å². The molecule has 0 heterocycles. The zero-order valence-corrected chi connectivity index (χ0v) is 14.0. The fourth-order valence-electron chi connectivity index (χ4n) is 1.70. The van der Waals surface area contributed by atoms with E-state index < -0.39 is 0 Å². The Balaban J connectivity index is 2.46. The molecule has 5 nitrogen and oxygen atoms in total. The molecule has 1 aromatic rings. The lowest BCUT2D eigenvalue weighted by molar-refractivity contribution is -0.121. The molecule has 22 heavy (non-hydrogen) atoms. The number of anilines is 1. The van der Waals surface area contributed by atoms with Crippen molar-refractivity contribution in [3.63, 3.8) is 0 Å². The van der Waals surface area contributed by atoms with Crippen molar-refractivity contribution in [3.8, 4) is 0 Å². The quantitative estimate of drug-likeness (QED) is 0.594. The highest BCUT2D eigenvalue weighted by atomic mass is 35.5. The van der Waals surface area contributed by atoms with E-state index in [0.717, 1.165) is 18.4 Å². The van der Waals surface area contributed by atoms with E-state index in [-0.39, 0.29) is 18.2 Å². The van der Waals surface area contributed by atoms with Gasteiger partial charge in [-0.05, 0) is 38.0 Å². The number of unbranched alkanes of at least 4 members (excludes halogenated alkanes) is 1. The smallest absolute Gasteiger partial charge is 0.240 e. The van der Waals surface area contributed by atoms with Crippen LogP contribution in [0.15, 0.2) is 23.3 Å². The van der Waals surface area contributed by atoms with Crippen molar-refractivity contribution in [1.29, 1.82) is 0 Å². The van der Waals surface area contributed by atoms with Gasteiger partial charge in [0.25, 0.3) is 0 Å². The summed E-state index contributed by atoms with van der Waals surface area (Å²) in [5, 5.41) is 7.27. The van der Waals surface area contributed by atoms with Crippen molar-refractivity contribution in [2.45, 2.75) is 46.5 Å². The summed E-state index contributed by atoms with van der Waals surface area (Å²) < 4.78 is 0. The van der Waals surface area contributed by atoms with Crippen molar-refractivity contribution in [3.05, 3.63) is 28.8 Å². The van der Waals surface area contributed by atoms with Crippen LogP contribution in [0, 0.1) is 6.92 Å². The normalized spacial score (nSPS) is 11.2. The predicted molar refractivity (Wildman–Crippen MR) is 90.2 cm³/mol. The Hall–Kier alpha value is -1.88. The molecule has 0 bridgehead atoms. The number of rotatable bonds is 7. The summed E-state index contributed by atoms with van der Waals surface area (Å²) in [6.45, 7) is 5.61. The first kappa shape index (κ1) is 18.2. The number of carbonyl (C=O) groups excluding carboxylic acids is 2. The molecule has 0 fully saturated rings. The van der Waals surface area contributed by atoms with Gasteiger partial charge >= 0.3 is 0 Å². The second-order valence-electron chi connectivity index (χ2n) is 5.17. The average molecular weight is 324 g/mol. The van der Waals surface area contributed by atoms with Gasteiger partial charge in [-0.3, -0.25) is 9.59 Å². The van der Waals surface area contributed by atoms with Crippen LogP contribution in [-0.2, 0) is 9.59 Å². The molecule has 0 radical (unpaired) electrons. The molecule has 2 N–H and O–H groups in total. The van der Waals surface area contributed by atoms with Crippen LogP contribution >= 0.6 is 11.6 Å². The molecule has 6 heteroatoms. The molecule has 0 atom stereocenters. The summed E-state index contributed by atoms with van der Waals surface area (Å²) in [5.41, 5.74) is 4.58. The maximum absolute atomic E-state index is 11.9. The first-order valence-corrected chi connectivity index (χ1v) is 7.68. The highest BCUT2D eigenvalue weighted by Crippen LogP contribution is 2.19. The first-order valence-electron chi connectivity index (χ1n) is 7.30. The van der Waals surface area contributed by atoms with Crippen LogP contribution in [0.1, 0.15) is 45.1 Å². The molecule has 0 aliphatic rings. The number of amides is 2. The number of hydrogen-bond donors (Lipinski definition) is 2. The Morgan fingerprint density at radius 1 is 1.27 bits per heavy atom. The molecule has 120 valence electrons. The third-order valence-corrected chi connectivity index (χ3v) is 3.41. The van der Waals surface area contributed by atoms with E-state index in [0.29, 0.717) is 22.8 Å². The van der Waals surface area contributed by atoms with Crippen LogP contribution in [0.4, 0.5) is 5.69 Å². The molecule has 0 aliphatic heterocycles. The average Bonchev–Trinajstić information content (AvgIpc) is 2.46. The van der Waals surface area contributed by atoms with Crippen LogP contribution in [0.5, 0.6) is 0 Å². The summed E-state index contributed by atoms with van der Waals surface area (Å²) in [6, 6.07) is 5.33. The van der Waals surface area contributed by atoms with Gasteiger partial charge in [0.15, 0.2) is 0 Å².